The number of aliphatic hydroxyl groups is 1. The fourth-order valence-corrected chi connectivity index (χ4v) is 2.57. The number of nitrogens with zero attached hydrogens (tertiary/aromatic N) is 2. The van der Waals surface area contributed by atoms with Crippen LogP contribution in [0, 0.1) is 10.1 Å². The third-order valence-electron chi connectivity index (χ3n) is 3.35. The number of benzene rings is 1. The molecule has 1 aliphatic heterocycles. The van der Waals surface area contributed by atoms with Crippen LogP contribution in [-0.2, 0) is 0 Å². The van der Waals surface area contributed by atoms with Crippen LogP contribution in [0.15, 0.2) is 18.2 Å². The van der Waals surface area contributed by atoms with E-state index >= 15 is 0 Å². The van der Waals surface area contributed by atoms with E-state index in [1.807, 2.05) is 0 Å². The highest BCUT2D eigenvalue weighted by Crippen LogP contribution is 2.27. The molecule has 1 fully saturated rings. The van der Waals surface area contributed by atoms with Gasteiger partial charge in [-0.15, -0.1) is 0 Å². The molecule has 0 bridgehead atoms. The predicted octanol–water partition coefficient (Wildman–Crippen LogP) is 2.24. The van der Waals surface area contributed by atoms with Gasteiger partial charge in [-0.05, 0) is 31.9 Å². The third kappa shape index (κ3) is 3.08. The van der Waals surface area contributed by atoms with Gasteiger partial charge in [-0.2, -0.15) is 0 Å². The summed E-state index contributed by atoms with van der Waals surface area (Å²) in [5.74, 6) is -0.451. The molecular weight excluding hydrogens is 284 g/mol. The first kappa shape index (κ1) is 14.7. The largest absolute Gasteiger partial charge is 0.388 e. The number of hydrogen-bond acceptors (Lipinski definition) is 4. The van der Waals surface area contributed by atoms with Crippen molar-refractivity contribution < 1.29 is 14.8 Å². The van der Waals surface area contributed by atoms with Crippen molar-refractivity contribution in [2.45, 2.75) is 25.4 Å². The van der Waals surface area contributed by atoms with Gasteiger partial charge in [0.2, 0.25) is 0 Å². The van der Waals surface area contributed by atoms with Gasteiger partial charge in [0.1, 0.15) is 5.56 Å². The molecule has 1 aromatic rings. The Morgan fingerprint density at radius 2 is 2.25 bits per heavy atom. The SMILES string of the molecule is CC1(O)CCCN(C(=O)c2ccc(Cl)cc2[N+](=O)[O-])C1. The molecule has 1 N–H and O–H groups in total. The summed E-state index contributed by atoms with van der Waals surface area (Å²) >= 11 is 5.73. The molecule has 0 radical (unpaired) electrons. The number of nitro groups is 1. The first-order chi connectivity index (χ1) is 9.30. The standard InChI is InChI=1S/C13H15ClN2O4/c1-13(18)5-2-6-15(8-13)12(17)10-4-3-9(14)7-11(10)16(19)20/h3-4,7,18H,2,5-6,8H2,1H3. The Balaban J connectivity index is 2.31. The maximum absolute atomic E-state index is 12.4. The summed E-state index contributed by atoms with van der Waals surface area (Å²) in [6.45, 7) is 2.31. The number of β-amino-alcohol motifs (C(OH)–C–C–N with tert-alkyl or cyclic N) is 1. The van der Waals surface area contributed by atoms with Crippen LogP contribution < -0.4 is 0 Å². The Kier molecular flexibility index (Phi) is 3.96. The van der Waals surface area contributed by atoms with Gasteiger partial charge in [-0.1, -0.05) is 11.6 Å². The molecule has 1 aromatic carbocycles. The van der Waals surface area contributed by atoms with Crippen molar-refractivity contribution in [3.05, 3.63) is 38.9 Å². The van der Waals surface area contributed by atoms with Crippen LogP contribution in [0.5, 0.6) is 0 Å². The second-order valence-electron chi connectivity index (χ2n) is 5.25. The Morgan fingerprint density at radius 3 is 2.85 bits per heavy atom. The molecule has 1 amide bonds. The number of piperidine rings is 1. The van der Waals surface area contributed by atoms with Crippen LogP contribution in [-0.4, -0.2) is 39.5 Å². The summed E-state index contributed by atoms with van der Waals surface area (Å²) in [4.78, 5) is 24.2. The molecular formula is C13H15ClN2O4. The number of likely N-dealkylation sites (tertiary alicyclic amines) is 1. The minimum Gasteiger partial charge on any atom is -0.388 e. The smallest absolute Gasteiger partial charge is 0.283 e. The first-order valence-electron chi connectivity index (χ1n) is 6.26. The minimum absolute atomic E-state index is 0.00269. The zero-order valence-electron chi connectivity index (χ0n) is 11.0. The molecule has 108 valence electrons. The molecule has 1 atom stereocenters. The van der Waals surface area contributed by atoms with Crippen molar-refractivity contribution in [1.29, 1.82) is 0 Å². The van der Waals surface area contributed by atoms with Gasteiger partial charge in [0.05, 0.1) is 10.5 Å². The molecule has 1 heterocycles. The summed E-state index contributed by atoms with van der Waals surface area (Å²) in [6, 6.07) is 3.97. The molecule has 0 saturated carbocycles. The molecule has 20 heavy (non-hydrogen) atoms. The molecule has 1 unspecified atom stereocenters. The number of carbonyl (C=O) groups is 1. The second kappa shape index (κ2) is 5.38. The van der Waals surface area contributed by atoms with E-state index in [0.717, 1.165) is 6.07 Å². The molecule has 1 saturated heterocycles. The highest BCUT2D eigenvalue weighted by Gasteiger charge is 2.33. The quantitative estimate of drug-likeness (QED) is 0.670. The van der Waals surface area contributed by atoms with E-state index in [9.17, 15) is 20.0 Å². The Bertz CT molecular complexity index is 559. The maximum atomic E-state index is 12.4. The van der Waals surface area contributed by atoms with Gasteiger partial charge in [-0.3, -0.25) is 14.9 Å². The summed E-state index contributed by atoms with van der Waals surface area (Å²) < 4.78 is 0. The fraction of sp³-hybridized carbons (Fsp3) is 0.462. The number of hydrogen-bond donors (Lipinski definition) is 1. The number of rotatable bonds is 2. The molecule has 2 rings (SSSR count). The van der Waals surface area contributed by atoms with Gasteiger partial charge >= 0.3 is 0 Å². The van der Waals surface area contributed by atoms with E-state index < -0.39 is 16.4 Å². The summed E-state index contributed by atoms with van der Waals surface area (Å²) in [7, 11) is 0. The van der Waals surface area contributed by atoms with Gasteiger partial charge in [0.15, 0.2) is 0 Å². The monoisotopic (exact) mass is 298 g/mol. The number of carbonyl (C=O) groups excluding carboxylic acids is 1. The molecule has 6 nitrogen and oxygen atoms in total. The lowest BCUT2D eigenvalue weighted by Gasteiger charge is -2.36. The van der Waals surface area contributed by atoms with E-state index in [-0.39, 0.29) is 22.8 Å². The van der Waals surface area contributed by atoms with Crippen molar-refractivity contribution in [3.8, 4) is 0 Å². The van der Waals surface area contributed by atoms with E-state index in [1.54, 1.807) is 6.92 Å². The van der Waals surface area contributed by atoms with E-state index in [4.69, 9.17) is 11.6 Å². The van der Waals surface area contributed by atoms with Crippen molar-refractivity contribution in [1.82, 2.24) is 4.90 Å². The number of amides is 1. The Labute approximate surface area is 121 Å². The zero-order valence-corrected chi connectivity index (χ0v) is 11.8. The summed E-state index contributed by atoms with van der Waals surface area (Å²) in [5, 5.41) is 21.2. The fourth-order valence-electron chi connectivity index (χ4n) is 2.40. The first-order valence-corrected chi connectivity index (χ1v) is 6.63. The van der Waals surface area contributed by atoms with Gasteiger partial charge in [0, 0.05) is 24.2 Å². The highest BCUT2D eigenvalue weighted by molar-refractivity contribution is 6.31. The van der Waals surface area contributed by atoms with Gasteiger partial charge in [0.25, 0.3) is 11.6 Å². The highest BCUT2D eigenvalue weighted by atomic mass is 35.5. The third-order valence-corrected chi connectivity index (χ3v) is 3.58. The zero-order chi connectivity index (χ0) is 14.9. The van der Waals surface area contributed by atoms with E-state index in [2.05, 4.69) is 0 Å². The van der Waals surface area contributed by atoms with Crippen molar-refractivity contribution >= 4 is 23.2 Å². The molecule has 0 aromatic heterocycles. The van der Waals surface area contributed by atoms with Gasteiger partial charge < -0.3 is 10.0 Å². The molecule has 0 aliphatic carbocycles. The van der Waals surface area contributed by atoms with Crippen LogP contribution in [0.1, 0.15) is 30.1 Å². The summed E-state index contributed by atoms with van der Waals surface area (Å²) in [5.41, 5.74) is -1.26. The minimum atomic E-state index is -0.949. The van der Waals surface area contributed by atoms with Crippen molar-refractivity contribution in [2.75, 3.05) is 13.1 Å². The van der Waals surface area contributed by atoms with Crippen molar-refractivity contribution in [3.63, 3.8) is 0 Å². The second-order valence-corrected chi connectivity index (χ2v) is 5.68. The normalized spacial score (nSPS) is 22.6. The maximum Gasteiger partial charge on any atom is 0.283 e. The molecule has 7 heteroatoms. The van der Waals surface area contributed by atoms with E-state index in [1.165, 1.54) is 17.0 Å². The number of nitro benzene ring substituents is 1. The predicted molar refractivity (Wildman–Crippen MR) is 73.9 cm³/mol. The lowest BCUT2D eigenvalue weighted by Crippen LogP contribution is -2.48. The number of halogens is 1. The Hall–Kier alpha value is -1.66. The van der Waals surface area contributed by atoms with Crippen LogP contribution in [0.2, 0.25) is 5.02 Å². The molecule has 1 aliphatic rings. The lowest BCUT2D eigenvalue weighted by molar-refractivity contribution is -0.385. The average molecular weight is 299 g/mol. The van der Waals surface area contributed by atoms with Crippen LogP contribution >= 0.6 is 11.6 Å². The van der Waals surface area contributed by atoms with Crippen LogP contribution in [0.3, 0.4) is 0 Å². The van der Waals surface area contributed by atoms with Gasteiger partial charge in [-0.25, -0.2) is 0 Å². The Morgan fingerprint density at radius 1 is 1.55 bits per heavy atom. The average Bonchev–Trinajstić information content (AvgIpc) is 2.36. The lowest BCUT2D eigenvalue weighted by atomic mass is 9.94. The topological polar surface area (TPSA) is 83.7 Å². The van der Waals surface area contributed by atoms with Crippen LogP contribution in [0.4, 0.5) is 5.69 Å². The van der Waals surface area contributed by atoms with E-state index in [0.29, 0.717) is 19.4 Å². The van der Waals surface area contributed by atoms with Crippen molar-refractivity contribution in [2.24, 2.45) is 0 Å². The molecule has 0 spiro atoms. The summed E-state index contributed by atoms with van der Waals surface area (Å²) in [6.07, 6.45) is 1.28. The van der Waals surface area contributed by atoms with Crippen LogP contribution in [0.25, 0.3) is 0 Å².